The molecule has 0 bridgehead atoms. The minimum atomic E-state index is -0.440. The van der Waals surface area contributed by atoms with Gasteiger partial charge in [-0.25, -0.2) is 0 Å². The van der Waals surface area contributed by atoms with Crippen molar-refractivity contribution in [3.8, 4) is 5.75 Å². The third-order valence-corrected chi connectivity index (χ3v) is 3.22. The van der Waals surface area contributed by atoms with Crippen molar-refractivity contribution in [1.82, 2.24) is 5.32 Å². The van der Waals surface area contributed by atoms with E-state index in [0.717, 1.165) is 18.4 Å². The van der Waals surface area contributed by atoms with Gasteiger partial charge in [0.05, 0.1) is 24.7 Å². The topological polar surface area (TPSA) is 84.6 Å². The van der Waals surface area contributed by atoms with Crippen LogP contribution in [0, 0.1) is 10.1 Å². The zero-order chi connectivity index (χ0) is 13.2. The number of hydrogen-bond acceptors (Lipinski definition) is 5. The van der Waals surface area contributed by atoms with Crippen molar-refractivity contribution in [2.45, 2.75) is 24.9 Å². The molecule has 2 N–H and O–H groups in total. The maximum atomic E-state index is 10.8. The number of nitro benzene ring substituents is 1. The van der Waals surface area contributed by atoms with E-state index in [4.69, 9.17) is 4.74 Å². The van der Waals surface area contributed by atoms with Crippen molar-refractivity contribution >= 4 is 5.69 Å². The highest BCUT2D eigenvalue weighted by Gasteiger charge is 2.41. The summed E-state index contributed by atoms with van der Waals surface area (Å²) in [6.45, 7) is 0.581. The van der Waals surface area contributed by atoms with Gasteiger partial charge in [0.15, 0.2) is 0 Å². The predicted molar refractivity (Wildman–Crippen MR) is 65.5 cm³/mol. The summed E-state index contributed by atoms with van der Waals surface area (Å²) < 4.78 is 5.04. The van der Waals surface area contributed by atoms with Crippen molar-refractivity contribution in [1.29, 1.82) is 0 Å². The Morgan fingerprint density at radius 1 is 1.50 bits per heavy atom. The van der Waals surface area contributed by atoms with Gasteiger partial charge in [0.25, 0.3) is 5.69 Å². The van der Waals surface area contributed by atoms with Crippen LogP contribution >= 0.6 is 0 Å². The van der Waals surface area contributed by atoms with Crippen LogP contribution < -0.4 is 10.1 Å². The molecule has 1 aromatic rings. The Kier molecular flexibility index (Phi) is 3.49. The molecule has 0 unspecified atom stereocenters. The number of benzene rings is 1. The Morgan fingerprint density at radius 2 is 2.22 bits per heavy atom. The minimum absolute atomic E-state index is 0.0139. The Balaban J connectivity index is 2.11. The number of methoxy groups -OCH3 is 1. The van der Waals surface area contributed by atoms with Gasteiger partial charge in [-0.1, -0.05) is 0 Å². The molecule has 2 rings (SSSR count). The van der Waals surface area contributed by atoms with Gasteiger partial charge in [-0.15, -0.1) is 0 Å². The number of nitrogens with one attached hydrogen (secondary N) is 1. The molecule has 0 radical (unpaired) electrons. The highest BCUT2D eigenvalue weighted by molar-refractivity contribution is 5.42. The van der Waals surface area contributed by atoms with Crippen LogP contribution in [0.1, 0.15) is 18.4 Å². The number of aliphatic hydroxyl groups is 1. The number of nitro groups is 1. The molecule has 0 amide bonds. The number of rotatable bonds is 6. The standard InChI is InChI=1S/C12H16N2O4/c1-18-11-5-9(4-10(6-11)14(16)17)7-13-12(8-15)2-3-12/h4-6,13,15H,2-3,7-8H2,1H3. The van der Waals surface area contributed by atoms with Crippen LogP contribution in [-0.2, 0) is 6.54 Å². The molecule has 0 heterocycles. The Morgan fingerprint density at radius 3 is 2.72 bits per heavy atom. The number of nitrogens with zero attached hydrogens (tertiary/aromatic N) is 1. The normalized spacial score (nSPS) is 16.3. The molecule has 18 heavy (non-hydrogen) atoms. The van der Waals surface area contributed by atoms with E-state index in [-0.39, 0.29) is 17.8 Å². The monoisotopic (exact) mass is 252 g/mol. The highest BCUT2D eigenvalue weighted by atomic mass is 16.6. The molecule has 1 aromatic carbocycles. The zero-order valence-corrected chi connectivity index (χ0v) is 10.2. The zero-order valence-electron chi connectivity index (χ0n) is 10.2. The number of ether oxygens (including phenoxy) is 1. The quantitative estimate of drug-likeness (QED) is 0.587. The van der Waals surface area contributed by atoms with Gasteiger partial charge in [-0.2, -0.15) is 0 Å². The van der Waals surface area contributed by atoms with Crippen LogP contribution in [0.3, 0.4) is 0 Å². The molecule has 0 saturated heterocycles. The van der Waals surface area contributed by atoms with Crippen molar-refractivity contribution in [2.75, 3.05) is 13.7 Å². The second kappa shape index (κ2) is 4.91. The second-order valence-electron chi connectivity index (χ2n) is 4.59. The third kappa shape index (κ3) is 2.77. The van der Waals surface area contributed by atoms with Crippen molar-refractivity contribution in [3.63, 3.8) is 0 Å². The Hall–Kier alpha value is -1.66. The summed E-state index contributed by atoms with van der Waals surface area (Å²) in [7, 11) is 1.48. The average molecular weight is 252 g/mol. The van der Waals surface area contributed by atoms with Crippen LogP contribution in [0.4, 0.5) is 5.69 Å². The van der Waals surface area contributed by atoms with E-state index in [1.807, 2.05) is 0 Å². The van der Waals surface area contributed by atoms with Crippen molar-refractivity contribution < 1.29 is 14.8 Å². The van der Waals surface area contributed by atoms with Gasteiger partial charge in [-0.3, -0.25) is 10.1 Å². The fourth-order valence-electron chi connectivity index (χ4n) is 1.80. The molecule has 0 spiro atoms. The fourth-order valence-corrected chi connectivity index (χ4v) is 1.80. The maximum Gasteiger partial charge on any atom is 0.273 e. The molecule has 6 nitrogen and oxygen atoms in total. The molecule has 1 fully saturated rings. The minimum Gasteiger partial charge on any atom is -0.496 e. The SMILES string of the molecule is COc1cc(CNC2(CO)CC2)cc([N+](=O)[O-])c1. The first kappa shape index (κ1) is 12.8. The van der Waals surface area contributed by atoms with E-state index in [1.54, 1.807) is 6.07 Å². The smallest absolute Gasteiger partial charge is 0.273 e. The Labute approximate surface area is 105 Å². The molecular weight excluding hydrogens is 236 g/mol. The molecule has 1 saturated carbocycles. The van der Waals surface area contributed by atoms with Gasteiger partial charge in [0, 0.05) is 18.2 Å². The van der Waals surface area contributed by atoms with E-state index in [0.29, 0.717) is 12.3 Å². The fraction of sp³-hybridized carbons (Fsp3) is 0.500. The Bertz CT molecular complexity index is 457. The molecule has 98 valence electrons. The van der Waals surface area contributed by atoms with Gasteiger partial charge in [0.1, 0.15) is 5.75 Å². The molecule has 1 aliphatic carbocycles. The lowest BCUT2D eigenvalue weighted by molar-refractivity contribution is -0.385. The lowest BCUT2D eigenvalue weighted by Crippen LogP contribution is -2.34. The van der Waals surface area contributed by atoms with Gasteiger partial charge < -0.3 is 15.2 Å². The van der Waals surface area contributed by atoms with Gasteiger partial charge >= 0.3 is 0 Å². The number of non-ortho nitro benzene ring substituents is 1. The summed E-state index contributed by atoms with van der Waals surface area (Å²) in [5.41, 5.74) is 0.610. The first-order valence-corrected chi connectivity index (χ1v) is 5.77. The van der Waals surface area contributed by atoms with Gasteiger partial charge in [-0.05, 0) is 24.5 Å². The first-order valence-electron chi connectivity index (χ1n) is 5.77. The predicted octanol–water partition coefficient (Wildman–Crippen LogP) is 1.22. The highest BCUT2D eigenvalue weighted by Crippen LogP contribution is 2.35. The maximum absolute atomic E-state index is 10.8. The number of hydrogen-bond donors (Lipinski definition) is 2. The average Bonchev–Trinajstić information content (AvgIpc) is 3.16. The largest absolute Gasteiger partial charge is 0.496 e. The van der Waals surface area contributed by atoms with E-state index < -0.39 is 4.92 Å². The molecular formula is C12H16N2O4. The van der Waals surface area contributed by atoms with E-state index in [2.05, 4.69) is 5.32 Å². The van der Waals surface area contributed by atoms with Crippen molar-refractivity contribution in [2.24, 2.45) is 0 Å². The van der Waals surface area contributed by atoms with E-state index in [9.17, 15) is 15.2 Å². The van der Waals surface area contributed by atoms with Crippen LogP contribution in [0.5, 0.6) is 5.75 Å². The molecule has 0 aliphatic heterocycles. The van der Waals surface area contributed by atoms with Gasteiger partial charge in [0.2, 0.25) is 0 Å². The second-order valence-corrected chi connectivity index (χ2v) is 4.59. The molecule has 0 aromatic heterocycles. The summed E-state index contributed by atoms with van der Waals surface area (Å²) in [4.78, 5) is 10.3. The summed E-state index contributed by atoms with van der Waals surface area (Å²) in [5.74, 6) is 0.467. The molecule has 6 heteroatoms. The third-order valence-electron chi connectivity index (χ3n) is 3.22. The van der Waals surface area contributed by atoms with Crippen LogP contribution in [0.25, 0.3) is 0 Å². The summed E-state index contributed by atoms with van der Waals surface area (Å²) in [6.07, 6.45) is 1.88. The van der Waals surface area contributed by atoms with Crippen LogP contribution in [0.15, 0.2) is 18.2 Å². The molecule has 1 aliphatic rings. The number of aliphatic hydroxyl groups excluding tert-OH is 1. The summed E-state index contributed by atoms with van der Waals surface area (Å²) in [6, 6.07) is 4.67. The lowest BCUT2D eigenvalue weighted by Gasteiger charge is -2.14. The molecule has 0 atom stereocenters. The summed E-state index contributed by atoms with van der Waals surface area (Å²) >= 11 is 0. The summed E-state index contributed by atoms with van der Waals surface area (Å²) in [5, 5.41) is 23.2. The first-order chi connectivity index (χ1) is 8.58. The van der Waals surface area contributed by atoms with E-state index >= 15 is 0 Å². The van der Waals surface area contributed by atoms with Crippen LogP contribution in [-0.4, -0.2) is 29.3 Å². The van der Waals surface area contributed by atoms with E-state index in [1.165, 1.54) is 19.2 Å². The van der Waals surface area contributed by atoms with Crippen molar-refractivity contribution in [3.05, 3.63) is 33.9 Å². The van der Waals surface area contributed by atoms with Crippen LogP contribution in [0.2, 0.25) is 0 Å². The lowest BCUT2D eigenvalue weighted by atomic mass is 10.1.